The number of aryl methyl sites for hydroxylation is 2. The molecule has 0 atom stereocenters. The molecule has 1 aromatic carbocycles. The van der Waals surface area contributed by atoms with E-state index in [1.807, 2.05) is 22.7 Å². The predicted octanol–water partition coefficient (Wildman–Crippen LogP) is 5.24. The van der Waals surface area contributed by atoms with Gasteiger partial charge in [0.15, 0.2) is 0 Å². The van der Waals surface area contributed by atoms with Gasteiger partial charge in [0.05, 0.1) is 0 Å². The van der Waals surface area contributed by atoms with Gasteiger partial charge in [0.1, 0.15) is 0 Å². The molecule has 0 amide bonds. The summed E-state index contributed by atoms with van der Waals surface area (Å²) < 4.78 is 2.87. The van der Waals surface area contributed by atoms with Crippen molar-refractivity contribution in [2.75, 3.05) is 0 Å². The molecule has 0 saturated heterocycles. The van der Waals surface area contributed by atoms with Gasteiger partial charge in [-0.3, -0.25) is 0 Å². The molecule has 3 aromatic rings. The minimum atomic E-state index is 1.15. The second kappa shape index (κ2) is 3.86. The molecule has 0 aliphatic heterocycles. The van der Waals surface area contributed by atoms with E-state index < -0.39 is 0 Å². The number of benzene rings is 1. The molecule has 0 aliphatic rings. The molecule has 3 rings (SSSR count). The standard InChI is InChI=1S/C14H14S2/c1-3-11-5-9-7-14-10(8-13(9)15-11)6-12(4-2)16-14/h5-8H,3-4H2,1-2H3. The van der Waals surface area contributed by atoms with Crippen LogP contribution in [0.25, 0.3) is 20.2 Å². The summed E-state index contributed by atoms with van der Waals surface area (Å²) in [5.74, 6) is 0. The Balaban J connectivity index is 2.28. The van der Waals surface area contributed by atoms with Crippen molar-refractivity contribution in [3.63, 3.8) is 0 Å². The highest BCUT2D eigenvalue weighted by atomic mass is 32.1. The van der Waals surface area contributed by atoms with Crippen LogP contribution >= 0.6 is 22.7 Å². The van der Waals surface area contributed by atoms with Gasteiger partial charge in [0.25, 0.3) is 0 Å². The zero-order chi connectivity index (χ0) is 11.1. The maximum absolute atomic E-state index is 2.35. The Bertz CT molecular complexity index is 538. The Morgan fingerprint density at radius 2 is 1.19 bits per heavy atom. The van der Waals surface area contributed by atoms with Gasteiger partial charge in [-0.05, 0) is 47.9 Å². The number of thiophene rings is 2. The molecular weight excluding hydrogens is 232 g/mol. The Kier molecular flexibility index (Phi) is 2.49. The number of rotatable bonds is 2. The SMILES string of the molecule is CCc1cc2cc3sc(CC)cc3cc2s1. The largest absolute Gasteiger partial charge is 0.140 e. The number of fused-ring (bicyclic) bond motifs is 2. The minimum Gasteiger partial charge on any atom is -0.140 e. The summed E-state index contributed by atoms with van der Waals surface area (Å²) in [6, 6.07) is 9.38. The molecule has 0 unspecified atom stereocenters. The molecule has 0 N–H and O–H groups in total. The minimum absolute atomic E-state index is 1.15. The lowest BCUT2D eigenvalue weighted by atomic mass is 10.2. The highest BCUT2D eigenvalue weighted by molar-refractivity contribution is 7.20. The van der Waals surface area contributed by atoms with Crippen LogP contribution in [0.2, 0.25) is 0 Å². The van der Waals surface area contributed by atoms with Crippen molar-refractivity contribution < 1.29 is 0 Å². The molecular formula is C14H14S2. The fourth-order valence-corrected chi connectivity index (χ4v) is 4.10. The number of hydrogen-bond donors (Lipinski definition) is 0. The van der Waals surface area contributed by atoms with Gasteiger partial charge >= 0.3 is 0 Å². The van der Waals surface area contributed by atoms with E-state index in [1.54, 1.807) is 0 Å². The number of hydrogen-bond acceptors (Lipinski definition) is 2. The molecule has 82 valence electrons. The topological polar surface area (TPSA) is 0 Å². The second-order valence-electron chi connectivity index (χ2n) is 4.06. The molecule has 2 heterocycles. The predicted molar refractivity (Wildman–Crippen MR) is 76.0 cm³/mol. The summed E-state index contributed by atoms with van der Waals surface area (Å²) in [5.41, 5.74) is 0. The van der Waals surface area contributed by atoms with Crippen LogP contribution in [-0.2, 0) is 12.8 Å². The van der Waals surface area contributed by atoms with Gasteiger partial charge in [-0.2, -0.15) is 0 Å². The molecule has 0 aliphatic carbocycles. The average Bonchev–Trinajstić information content (AvgIpc) is 2.86. The lowest BCUT2D eigenvalue weighted by Crippen LogP contribution is -1.65. The third-order valence-electron chi connectivity index (χ3n) is 2.95. The fraction of sp³-hybridized carbons (Fsp3) is 0.286. The Morgan fingerprint density at radius 1 is 0.750 bits per heavy atom. The first-order valence-electron chi connectivity index (χ1n) is 5.75. The van der Waals surface area contributed by atoms with Crippen molar-refractivity contribution in [1.82, 2.24) is 0 Å². The molecule has 16 heavy (non-hydrogen) atoms. The van der Waals surface area contributed by atoms with E-state index in [0.717, 1.165) is 12.8 Å². The van der Waals surface area contributed by atoms with Crippen molar-refractivity contribution in [3.05, 3.63) is 34.0 Å². The summed E-state index contributed by atoms with van der Waals surface area (Å²) >= 11 is 3.87. The third-order valence-corrected chi connectivity index (χ3v) is 5.44. The van der Waals surface area contributed by atoms with E-state index in [9.17, 15) is 0 Å². The van der Waals surface area contributed by atoms with Gasteiger partial charge in [0.2, 0.25) is 0 Å². The zero-order valence-corrected chi connectivity index (χ0v) is 11.2. The first-order valence-corrected chi connectivity index (χ1v) is 7.38. The Labute approximate surface area is 104 Å². The average molecular weight is 246 g/mol. The van der Waals surface area contributed by atoms with E-state index in [2.05, 4.69) is 38.1 Å². The van der Waals surface area contributed by atoms with Gasteiger partial charge in [0, 0.05) is 19.2 Å². The summed E-state index contributed by atoms with van der Waals surface area (Å²) in [6.07, 6.45) is 2.29. The quantitative estimate of drug-likeness (QED) is 0.580. The van der Waals surface area contributed by atoms with E-state index >= 15 is 0 Å². The molecule has 2 aromatic heterocycles. The fourth-order valence-electron chi connectivity index (χ4n) is 2.03. The monoisotopic (exact) mass is 246 g/mol. The zero-order valence-electron chi connectivity index (χ0n) is 9.54. The van der Waals surface area contributed by atoms with E-state index in [4.69, 9.17) is 0 Å². The molecule has 0 nitrogen and oxygen atoms in total. The molecule has 0 spiro atoms. The Morgan fingerprint density at radius 3 is 1.56 bits per heavy atom. The van der Waals surface area contributed by atoms with Crippen LogP contribution in [0.1, 0.15) is 23.6 Å². The van der Waals surface area contributed by atoms with Crippen molar-refractivity contribution in [2.24, 2.45) is 0 Å². The van der Waals surface area contributed by atoms with Crippen molar-refractivity contribution >= 4 is 42.8 Å². The van der Waals surface area contributed by atoms with Gasteiger partial charge < -0.3 is 0 Å². The lowest BCUT2D eigenvalue weighted by Gasteiger charge is -1.89. The van der Waals surface area contributed by atoms with Crippen molar-refractivity contribution in [1.29, 1.82) is 0 Å². The smallest absolute Gasteiger partial charge is 0.0352 e. The van der Waals surface area contributed by atoms with Gasteiger partial charge in [-0.15, -0.1) is 22.7 Å². The summed E-state index contributed by atoms with van der Waals surface area (Å²) in [7, 11) is 0. The molecule has 0 radical (unpaired) electrons. The third kappa shape index (κ3) is 1.57. The van der Waals surface area contributed by atoms with E-state index in [1.165, 1.54) is 29.9 Å². The molecule has 0 fully saturated rings. The maximum Gasteiger partial charge on any atom is 0.0352 e. The van der Waals surface area contributed by atoms with E-state index in [-0.39, 0.29) is 0 Å². The van der Waals surface area contributed by atoms with Gasteiger partial charge in [-0.25, -0.2) is 0 Å². The van der Waals surface area contributed by atoms with E-state index in [0.29, 0.717) is 0 Å². The van der Waals surface area contributed by atoms with Crippen LogP contribution in [0.4, 0.5) is 0 Å². The Hall–Kier alpha value is -0.860. The first-order chi connectivity index (χ1) is 7.80. The summed E-state index contributed by atoms with van der Waals surface area (Å²) in [6.45, 7) is 4.45. The van der Waals surface area contributed by atoms with Crippen LogP contribution in [0.15, 0.2) is 24.3 Å². The van der Waals surface area contributed by atoms with Crippen LogP contribution in [-0.4, -0.2) is 0 Å². The van der Waals surface area contributed by atoms with Crippen LogP contribution in [0, 0.1) is 0 Å². The molecule has 0 bridgehead atoms. The van der Waals surface area contributed by atoms with Crippen molar-refractivity contribution in [2.45, 2.75) is 26.7 Å². The second-order valence-corrected chi connectivity index (χ2v) is 6.40. The lowest BCUT2D eigenvalue weighted by molar-refractivity contribution is 1.19. The van der Waals surface area contributed by atoms with Gasteiger partial charge in [-0.1, -0.05) is 13.8 Å². The van der Waals surface area contributed by atoms with Crippen LogP contribution in [0.5, 0.6) is 0 Å². The van der Waals surface area contributed by atoms with Crippen molar-refractivity contribution in [3.8, 4) is 0 Å². The normalized spacial score (nSPS) is 11.6. The summed E-state index contributed by atoms with van der Waals surface area (Å²) in [5, 5.41) is 2.83. The maximum atomic E-state index is 2.35. The summed E-state index contributed by atoms with van der Waals surface area (Å²) in [4.78, 5) is 2.98. The highest BCUT2D eigenvalue weighted by Crippen LogP contribution is 2.34. The van der Waals surface area contributed by atoms with Crippen LogP contribution in [0.3, 0.4) is 0 Å². The molecule has 0 saturated carbocycles. The first kappa shape index (κ1) is 10.3. The molecule has 2 heteroatoms. The highest BCUT2D eigenvalue weighted by Gasteiger charge is 2.05. The van der Waals surface area contributed by atoms with Crippen LogP contribution < -0.4 is 0 Å².